The summed E-state index contributed by atoms with van der Waals surface area (Å²) < 4.78 is 6.79. The molecule has 0 fully saturated rings. The fraction of sp³-hybridized carbons (Fsp3) is 0.273. The topological polar surface area (TPSA) is 25.0 Å². The van der Waals surface area contributed by atoms with Crippen LogP contribution in [0.3, 0.4) is 0 Å². The maximum atomic E-state index is 5.69. The van der Waals surface area contributed by atoms with Gasteiger partial charge in [-0.25, -0.2) is 0 Å². The lowest BCUT2D eigenvalue weighted by atomic mass is 10.0. The highest BCUT2D eigenvalue weighted by Gasteiger charge is 2.29. The van der Waals surface area contributed by atoms with Crippen LogP contribution in [0.5, 0.6) is 5.75 Å². The molecule has 2 aromatic heterocycles. The molecule has 2 aromatic rings. The number of halogens is 1. The van der Waals surface area contributed by atoms with Crippen LogP contribution in [0.4, 0.5) is 0 Å². The van der Waals surface area contributed by atoms with Crippen molar-refractivity contribution in [2.75, 3.05) is 6.61 Å². The normalized spacial score (nSPS) is 18.9. The van der Waals surface area contributed by atoms with Gasteiger partial charge < -0.3 is 9.72 Å². The zero-order chi connectivity index (χ0) is 10.4. The summed E-state index contributed by atoms with van der Waals surface area (Å²) in [7, 11) is 0. The quantitative estimate of drug-likeness (QED) is 0.849. The van der Waals surface area contributed by atoms with Gasteiger partial charge in [0.1, 0.15) is 16.1 Å². The second kappa shape index (κ2) is 3.39. The van der Waals surface area contributed by atoms with E-state index in [4.69, 9.17) is 4.74 Å². The summed E-state index contributed by atoms with van der Waals surface area (Å²) in [5.74, 6) is 1.40. The Labute approximate surface area is 100 Å². The molecule has 3 heterocycles. The lowest BCUT2D eigenvalue weighted by Crippen LogP contribution is -2.02. The molecule has 1 aliphatic heterocycles. The first-order chi connectivity index (χ1) is 7.25. The number of hydrogen-bond acceptors (Lipinski definition) is 2. The molecular weight excluding hydrogens is 274 g/mol. The van der Waals surface area contributed by atoms with E-state index in [-0.39, 0.29) is 0 Å². The minimum Gasteiger partial charge on any atom is -0.490 e. The summed E-state index contributed by atoms with van der Waals surface area (Å²) in [4.78, 5) is 3.38. The second-order valence-corrected chi connectivity index (χ2v) is 5.95. The first-order valence-corrected chi connectivity index (χ1v) is 6.48. The van der Waals surface area contributed by atoms with Gasteiger partial charge in [-0.3, -0.25) is 0 Å². The van der Waals surface area contributed by atoms with Crippen molar-refractivity contribution in [2.24, 2.45) is 0 Å². The molecule has 1 N–H and O–H groups in total. The first-order valence-electron chi connectivity index (χ1n) is 4.81. The van der Waals surface area contributed by atoms with E-state index < -0.39 is 0 Å². The first kappa shape index (κ1) is 9.48. The molecule has 4 heteroatoms. The molecule has 15 heavy (non-hydrogen) atoms. The van der Waals surface area contributed by atoms with E-state index in [1.54, 1.807) is 11.3 Å². The Hall–Kier alpha value is -0.740. The summed E-state index contributed by atoms with van der Waals surface area (Å²) in [6.07, 6.45) is 0. The molecule has 78 valence electrons. The zero-order valence-corrected chi connectivity index (χ0v) is 10.6. The maximum absolute atomic E-state index is 5.69. The van der Waals surface area contributed by atoms with Crippen LogP contribution in [-0.2, 0) is 0 Å². The number of thiophene rings is 1. The highest BCUT2D eigenvalue weighted by molar-refractivity contribution is 9.11. The van der Waals surface area contributed by atoms with E-state index in [9.17, 15) is 0 Å². The molecule has 3 rings (SSSR count). The van der Waals surface area contributed by atoms with Crippen LogP contribution in [0, 0.1) is 6.92 Å². The van der Waals surface area contributed by atoms with Crippen LogP contribution < -0.4 is 4.74 Å². The SMILES string of the molecule is Cc1ccc(C2COc3c2csc3Br)[nH]1. The fourth-order valence-electron chi connectivity index (χ4n) is 1.96. The average molecular weight is 284 g/mol. The molecule has 0 amide bonds. The maximum Gasteiger partial charge on any atom is 0.148 e. The molecule has 1 aliphatic rings. The third-order valence-corrected chi connectivity index (χ3v) is 4.41. The largest absolute Gasteiger partial charge is 0.490 e. The third kappa shape index (κ3) is 1.43. The number of hydrogen-bond donors (Lipinski definition) is 1. The van der Waals surface area contributed by atoms with Crippen LogP contribution in [-0.4, -0.2) is 11.6 Å². The number of aryl methyl sites for hydroxylation is 1. The Bertz CT molecular complexity index is 502. The van der Waals surface area contributed by atoms with Crippen LogP contribution in [0.25, 0.3) is 0 Å². The molecule has 2 nitrogen and oxygen atoms in total. The summed E-state index contributed by atoms with van der Waals surface area (Å²) in [5, 5.41) is 2.17. The number of nitrogens with one attached hydrogen (secondary N) is 1. The minimum absolute atomic E-state index is 0.372. The lowest BCUT2D eigenvalue weighted by Gasteiger charge is -2.04. The highest BCUT2D eigenvalue weighted by Crippen LogP contribution is 2.46. The number of aromatic nitrogens is 1. The van der Waals surface area contributed by atoms with Crippen molar-refractivity contribution in [3.8, 4) is 5.75 Å². The van der Waals surface area contributed by atoms with Crippen molar-refractivity contribution >= 4 is 27.3 Å². The van der Waals surface area contributed by atoms with Crippen molar-refractivity contribution < 1.29 is 4.74 Å². The number of rotatable bonds is 1. The van der Waals surface area contributed by atoms with Gasteiger partial charge in [-0.15, -0.1) is 11.3 Å². The van der Waals surface area contributed by atoms with Crippen molar-refractivity contribution in [3.63, 3.8) is 0 Å². The predicted octanol–water partition coefficient (Wildman–Crippen LogP) is 3.67. The smallest absolute Gasteiger partial charge is 0.148 e. The molecule has 0 bridgehead atoms. The molecule has 0 aliphatic carbocycles. The number of fused-ring (bicyclic) bond motifs is 1. The molecule has 0 saturated carbocycles. The molecule has 0 saturated heterocycles. The average Bonchev–Trinajstić information content (AvgIpc) is 2.84. The van der Waals surface area contributed by atoms with Gasteiger partial charge in [0.2, 0.25) is 0 Å². The van der Waals surface area contributed by atoms with Gasteiger partial charge in [0, 0.05) is 17.0 Å². The van der Waals surface area contributed by atoms with E-state index in [1.807, 2.05) is 0 Å². The summed E-state index contributed by atoms with van der Waals surface area (Å²) in [5.41, 5.74) is 3.75. The lowest BCUT2D eigenvalue weighted by molar-refractivity contribution is 0.341. The molecule has 1 atom stereocenters. The van der Waals surface area contributed by atoms with Crippen molar-refractivity contribution in [1.29, 1.82) is 0 Å². The van der Waals surface area contributed by atoms with E-state index in [0.717, 1.165) is 16.1 Å². The van der Waals surface area contributed by atoms with Gasteiger partial charge in [0.25, 0.3) is 0 Å². The van der Waals surface area contributed by atoms with E-state index in [1.165, 1.54) is 17.0 Å². The summed E-state index contributed by atoms with van der Waals surface area (Å²) in [6.45, 7) is 2.82. The van der Waals surface area contributed by atoms with Crippen molar-refractivity contribution in [1.82, 2.24) is 4.98 Å². The molecule has 0 radical (unpaired) electrons. The molecule has 0 aromatic carbocycles. The number of ether oxygens (including phenoxy) is 1. The number of H-pyrrole nitrogens is 1. The predicted molar refractivity (Wildman–Crippen MR) is 64.9 cm³/mol. The fourth-order valence-corrected chi connectivity index (χ4v) is 3.37. The standard InChI is InChI=1S/C11H10BrNOS/c1-6-2-3-9(13-6)7-4-14-10-8(7)5-15-11(10)12/h2-3,5,7,13H,4H2,1H3. The number of aromatic amines is 1. The Balaban J connectivity index is 2.03. The van der Waals surface area contributed by atoms with Gasteiger partial charge in [0.15, 0.2) is 0 Å². The van der Waals surface area contributed by atoms with Crippen LogP contribution in [0.2, 0.25) is 0 Å². The minimum atomic E-state index is 0.372. The third-order valence-electron chi connectivity index (χ3n) is 2.73. The van der Waals surface area contributed by atoms with Gasteiger partial charge >= 0.3 is 0 Å². The Morgan fingerprint density at radius 3 is 3.13 bits per heavy atom. The van der Waals surface area contributed by atoms with Crippen LogP contribution in [0.1, 0.15) is 22.9 Å². The van der Waals surface area contributed by atoms with Gasteiger partial charge in [-0.2, -0.15) is 0 Å². The Morgan fingerprint density at radius 2 is 2.40 bits per heavy atom. The Kier molecular flexibility index (Phi) is 2.14. The van der Waals surface area contributed by atoms with E-state index >= 15 is 0 Å². The van der Waals surface area contributed by atoms with Gasteiger partial charge in [0.05, 0.1) is 5.92 Å². The van der Waals surface area contributed by atoms with Crippen LogP contribution in [0.15, 0.2) is 21.3 Å². The zero-order valence-electron chi connectivity index (χ0n) is 8.21. The summed E-state index contributed by atoms with van der Waals surface area (Å²) in [6, 6.07) is 4.25. The van der Waals surface area contributed by atoms with Crippen molar-refractivity contribution in [3.05, 3.63) is 38.3 Å². The summed E-state index contributed by atoms with van der Waals surface area (Å²) >= 11 is 5.20. The van der Waals surface area contributed by atoms with E-state index in [2.05, 4.69) is 45.4 Å². The Morgan fingerprint density at radius 1 is 1.53 bits per heavy atom. The van der Waals surface area contributed by atoms with E-state index in [0.29, 0.717) is 5.92 Å². The molecule has 1 unspecified atom stereocenters. The highest BCUT2D eigenvalue weighted by atomic mass is 79.9. The van der Waals surface area contributed by atoms with Crippen molar-refractivity contribution in [2.45, 2.75) is 12.8 Å². The molecule has 0 spiro atoms. The second-order valence-electron chi connectivity index (χ2n) is 3.75. The van der Waals surface area contributed by atoms with Crippen LogP contribution >= 0.6 is 27.3 Å². The van der Waals surface area contributed by atoms with Gasteiger partial charge in [-0.05, 0) is 40.4 Å². The monoisotopic (exact) mass is 283 g/mol. The van der Waals surface area contributed by atoms with Gasteiger partial charge in [-0.1, -0.05) is 0 Å². The molecular formula is C11H10BrNOS.